The predicted octanol–water partition coefficient (Wildman–Crippen LogP) is 2.76. The zero-order chi connectivity index (χ0) is 23.4. The number of hydrogen-bond acceptors (Lipinski definition) is 7. The second-order valence-electron chi connectivity index (χ2n) is 7.71. The van der Waals surface area contributed by atoms with Gasteiger partial charge in [-0.1, -0.05) is 17.7 Å². The Balaban J connectivity index is 1.26. The lowest BCUT2D eigenvalue weighted by Gasteiger charge is -2.34. The number of nitrogens with one attached hydrogen (secondary N) is 1. The number of aryl methyl sites for hydroxylation is 2. The molecule has 1 saturated heterocycles. The third-order valence-corrected chi connectivity index (χ3v) is 7.64. The van der Waals surface area contributed by atoms with Gasteiger partial charge in [-0.2, -0.15) is 0 Å². The number of benzene rings is 1. The van der Waals surface area contributed by atoms with Gasteiger partial charge >= 0.3 is 0 Å². The van der Waals surface area contributed by atoms with E-state index in [0.29, 0.717) is 44.1 Å². The Hall–Kier alpha value is -3.18. The molecule has 0 aliphatic carbocycles. The highest BCUT2D eigenvalue weighted by Crippen LogP contribution is 2.21. The minimum Gasteiger partial charge on any atom is -0.459 e. The van der Waals surface area contributed by atoms with Crippen molar-refractivity contribution in [1.82, 2.24) is 14.8 Å². The van der Waals surface area contributed by atoms with E-state index >= 15 is 0 Å². The summed E-state index contributed by atoms with van der Waals surface area (Å²) in [6.45, 7) is 3.71. The average molecular weight is 489 g/mol. The van der Waals surface area contributed by atoms with Crippen molar-refractivity contribution in [2.75, 3.05) is 30.9 Å². The lowest BCUT2D eigenvalue weighted by Crippen LogP contribution is -2.50. The number of piperazine rings is 1. The summed E-state index contributed by atoms with van der Waals surface area (Å²) in [4.78, 5) is 32.8. The summed E-state index contributed by atoms with van der Waals surface area (Å²) < 4.78 is 32.7. The molecular formula is C22H24N4O5S2. The molecule has 1 N–H and O–H groups in total. The zero-order valence-electron chi connectivity index (χ0n) is 18.1. The van der Waals surface area contributed by atoms with Crippen LogP contribution in [-0.2, 0) is 21.2 Å². The minimum absolute atomic E-state index is 0.0186. The molecule has 11 heteroatoms. The maximum absolute atomic E-state index is 12.6. The molecule has 1 aromatic carbocycles. The summed E-state index contributed by atoms with van der Waals surface area (Å²) in [5.41, 5.74) is 1.63. The Labute approximate surface area is 196 Å². The van der Waals surface area contributed by atoms with Gasteiger partial charge in [0.25, 0.3) is 15.9 Å². The largest absolute Gasteiger partial charge is 0.459 e. The third-order valence-electron chi connectivity index (χ3n) is 5.35. The molecule has 9 nitrogen and oxygen atoms in total. The van der Waals surface area contributed by atoms with Crippen LogP contribution in [0.1, 0.15) is 28.2 Å². The second-order valence-corrected chi connectivity index (χ2v) is 10.3. The third kappa shape index (κ3) is 5.60. The van der Waals surface area contributed by atoms with Crippen molar-refractivity contribution in [3.05, 3.63) is 65.1 Å². The maximum atomic E-state index is 12.6. The number of thiazole rings is 1. The fourth-order valence-electron chi connectivity index (χ4n) is 3.47. The number of anilines is 1. The Kier molecular flexibility index (Phi) is 6.80. The van der Waals surface area contributed by atoms with E-state index in [-0.39, 0.29) is 28.3 Å². The van der Waals surface area contributed by atoms with Crippen LogP contribution in [0.2, 0.25) is 0 Å². The molecule has 2 amide bonds. The van der Waals surface area contributed by atoms with Gasteiger partial charge in [0, 0.05) is 38.0 Å². The Morgan fingerprint density at radius 1 is 1.09 bits per heavy atom. The van der Waals surface area contributed by atoms with E-state index in [9.17, 15) is 18.0 Å². The molecule has 3 aromatic rings. The molecule has 4 rings (SSSR count). The first kappa shape index (κ1) is 23.0. The maximum Gasteiger partial charge on any atom is 0.289 e. The van der Waals surface area contributed by atoms with Crippen LogP contribution in [0.3, 0.4) is 0 Å². The lowest BCUT2D eigenvalue weighted by atomic mass is 10.2. The summed E-state index contributed by atoms with van der Waals surface area (Å²) in [6, 6.07) is 9.87. The number of carbonyl (C=O) groups excluding carboxylic acids is 2. The number of carbonyl (C=O) groups is 2. The predicted molar refractivity (Wildman–Crippen MR) is 124 cm³/mol. The van der Waals surface area contributed by atoms with Gasteiger partial charge in [-0.25, -0.2) is 13.4 Å². The van der Waals surface area contributed by atoms with Crippen LogP contribution in [0.15, 0.2) is 57.4 Å². The topological polar surface area (TPSA) is 113 Å². The number of amides is 2. The van der Waals surface area contributed by atoms with Gasteiger partial charge in [-0.05, 0) is 37.6 Å². The van der Waals surface area contributed by atoms with E-state index < -0.39 is 10.0 Å². The molecule has 0 bridgehead atoms. The van der Waals surface area contributed by atoms with E-state index in [1.165, 1.54) is 17.6 Å². The number of aromatic nitrogens is 1. The molecule has 0 saturated carbocycles. The number of hydrogen-bond donors (Lipinski definition) is 1. The second kappa shape index (κ2) is 9.75. The van der Waals surface area contributed by atoms with Crippen molar-refractivity contribution in [3.63, 3.8) is 0 Å². The van der Waals surface area contributed by atoms with Crippen molar-refractivity contribution in [2.45, 2.75) is 24.7 Å². The molecule has 0 unspecified atom stereocenters. The van der Waals surface area contributed by atoms with Crippen LogP contribution in [-0.4, -0.2) is 61.2 Å². The van der Waals surface area contributed by atoms with Crippen LogP contribution >= 0.6 is 11.3 Å². The highest BCUT2D eigenvalue weighted by atomic mass is 32.2. The smallest absolute Gasteiger partial charge is 0.289 e. The lowest BCUT2D eigenvalue weighted by molar-refractivity contribution is -0.132. The molecule has 3 heterocycles. The minimum atomic E-state index is -3.71. The van der Waals surface area contributed by atoms with E-state index in [1.807, 2.05) is 6.92 Å². The summed E-state index contributed by atoms with van der Waals surface area (Å²) in [7, 11) is -3.71. The first-order chi connectivity index (χ1) is 15.8. The van der Waals surface area contributed by atoms with Crippen LogP contribution in [0.4, 0.5) is 5.13 Å². The quantitative estimate of drug-likeness (QED) is 0.547. The molecule has 2 aromatic heterocycles. The first-order valence-electron chi connectivity index (χ1n) is 10.5. The Bertz CT molecular complexity index is 1210. The van der Waals surface area contributed by atoms with Gasteiger partial charge in [0.1, 0.15) is 0 Å². The molecule has 0 radical (unpaired) electrons. The molecule has 0 spiro atoms. The highest BCUT2D eigenvalue weighted by Gasteiger charge is 2.26. The SMILES string of the molecule is Cc1ccc(S(=O)(=O)Nc2nc(CCC(=O)N3CCN(C(=O)c4ccco4)CC3)cs2)cc1. The van der Waals surface area contributed by atoms with Gasteiger partial charge in [-0.15, -0.1) is 11.3 Å². The van der Waals surface area contributed by atoms with E-state index in [1.54, 1.807) is 51.6 Å². The van der Waals surface area contributed by atoms with Gasteiger partial charge in [0.05, 0.1) is 16.9 Å². The van der Waals surface area contributed by atoms with E-state index in [2.05, 4.69) is 9.71 Å². The van der Waals surface area contributed by atoms with E-state index in [0.717, 1.165) is 5.56 Å². The van der Waals surface area contributed by atoms with Crippen molar-refractivity contribution in [2.24, 2.45) is 0 Å². The standard InChI is InChI=1S/C22H24N4O5S2/c1-16-4-7-18(8-5-16)33(29,30)24-22-23-17(15-32-22)6-9-20(27)25-10-12-26(13-11-25)21(28)19-3-2-14-31-19/h2-5,7-8,14-15H,6,9-13H2,1H3,(H,23,24). The van der Waals surface area contributed by atoms with Crippen molar-refractivity contribution in [1.29, 1.82) is 0 Å². The first-order valence-corrected chi connectivity index (χ1v) is 12.8. The molecule has 1 aliphatic rings. The average Bonchev–Trinajstić information content (AvgIpc) is 3.49. The van der Waals surface area contributed by atoms with Crippen LogP contribution in [0.25, 0.3) is 0 Å². The van der Waals surface area contributed by atoms with Gasteiger partial charge in [0.15, 0.2) is 10.9 Å². The van der Waals surface area contributed by atoms with Gasteiger partial charge in [-0.3, -0.25) is 14.3 Å². The monoisotopic (exact) mass is 488 g/mol. The number of nitrogens with zero attached hydrogens (tertiary/aromatic N) is 3. The number of rotatable bonds is 7. The fraction of sp³-hybridized carbons (Fsp3) is 0.318. The van der Waals surface area contributed by atoms with Crippen molar-refractivity contribution >= 4 is 38.3 Å². The number of furan rings is 1. The highest BCUT2D eigenvalue weighted by molar-refractivity contribution is 7.93. The van der Waals surface area contributed by atoms with Crippen molar-refractivity contribution in [3.8, 4) is 0 Å². The summed E-state index contributed by atoms with van der Waals surface area (Å²) >= 11 is 1.18. The summed E-state index contributed by atoms with van der Waals surface area (Å²) in [5, 5.41) is 2.02. The zero-order valence-corrected chi connectivity index (χ0v) is 19.7. The Morgan fingerprint density at radius 2 is 1.79 bits per heavy atom. The normalized spacial score (nSPS) is 14.3. The molecule has 33 heavy (non-hydrogen) atoms. The van der Waals surface area contributed by atoms with E-state index in [4.69, 9.17) is 4.42 Å². The number of sulfonamides is 1. The van der Waals surface area contributed by atoms with Crippen LogP contribution in [0, 0.1) is 6.92 Å². The summed E-state index contributed by atoms with van der Waals surface area (Å²) in [6.07, 6.45) is 2.14. The Morgan fingerprint density at radius 3 is 2.45 bits per heavy atom. The molecular weight excluding hydrogens is 464 g/mol. The summed E-state index contributed by atoms with van der Waals surface area (Å²) in [5.74, 6) is 0.109. The van der Waals surface area contributed by atoms with Gasteiger partial charge < -0.3 is 14.2 Å². The molecule has 0 atom stereocenters. The molecule has 174 valence electrons. The van der Waals surface area contributed by atoms with Crippen LogP contribution in [0.5, 0.6) is 0 Å². The van der Waals surface area contributed by atoms with Crippen molar-refractivity contribution < 1.29 is 22.4 Å². The van der Waals surface area contributed by atoms with Crippen LogP contribution < -0.4 is 4.72 Å². The van der Waals surface area contributed by atoms with Gasteiger partial charge in [0.2, 0.25) is 5.91 Å². The fourth-order valence-corrected chi connectivity index (χ4v) is 5.47. The molecule has 1 aliphatic heterocycles. The molecule has 1 fully saturated rings.